The predicted octanol–water partition coefficient (Wildman–Crippen LogP) is 4.87. The van der Waals surface area contributed by atoms with E-state index < -0.39 is 17.3 Å². The van der Waals surface area contributed by atoms with Crippen molar-refractivity contribution < 1.29 is 32.3 Å². The highest BCUT2D eigenvalue weighted by molar-refractivity contribution is 5.91. The molecule has 0 saturated carbocycles. The first-order valence-corrected chi connectivity index (χ1v) is 14.3. The molecule has 5 rings (SSSR count). The molecule has 2 aromatic carbocycles. The molecule has 2 N–H and O–H groups in total. The third-order valence-electron chi connectivity index (χ3n) is 8.36. The standard InChI is InChI=1S/C32H35F3N4O4/c1-2-16-39(30(41)36-20-23-10-12-25(13-11-23)32(33,34)35)26-14-17-37(18-15-26)28-21-38(29(40)27-9-6-19-43-27)22-31(28,42)24-7-4-3-5-8-24/h2-13,19,26,28,42H,1,14-18,20-22H2,(H,36,41)/t28-,31-/m0/s1. The normalized spacial score (nSPS) is 21.5. The lowest BCUT2D eigenvalue weighted by Crippen LogP contribution is -2.56. The Morgan fingerprint density at radius 3 is 2.37 bits per heavy atom. The highest BCUT2D eigenvalue weighted by Gasteiger charge is 2.51. The van der Waals surface area contributed by atoms with Crippen molar-refractivity contribution in [2.24, 2.45) is 0 Å². The van der Waals surface area contributed by atoms with Gasteiger partial charge in [0.2, 0.25) is 0 Å². The molecule has 3 amide bonds. The van der Waals surface area contributed by atoms with E-state index >= 15 is 0 Å². The van der Waals surface area contributed by atoms with Crippen LogP contribution in [-0.4, -0.2) is 76.6 Å². The van der Waals surface area contributed by atoms with Gasteiger partial charge in [0.1, 0.15) is 5.60 Å². The molecule has 3 heterocycles. The van der Waals surface area contributed by atoms with Crippen LogP contribution < -0.4 is 5.32 Å². The molecule has 2 aliphatic heterocycles. The number of benzene rings is 2. The smallest absolute Gasteiger partial charge is 0.416 e. The summed E-state index contributed by atoms with van der Waals surface area (Å²) in [7, 11) is 0. The van der Waals surface area contributed by atoms with E-state index in [1.54, 1.807) is 28.0 Å². The van der Waals surface area contributed by atoms with Crippen molar-refractivity contribution in [3.05, 3.63) is 108 Å². The van der Waals surface area contributed by atoms with Crippen molar-refractivity contribution in [1.82, 2.24) is 20.0 Å². The second-order valence-corrected chi connectivity index (χ2v) is 11.0. The summed E-state index contributed by atoms with van der Waals surface area (Å²) >= 11 is 0. The Hall–Kier alpha value is -4.09. The zero-order valence-corrected chi connectivity index (χ0v) is 23.7. The molecule has 0 spiro atoms. The van der Waals surface area contributed by atoms with Gasteiger partial charge in [0, 0.05) is 38.8 Å². The van der Waals surface area contributed by atoms with Crippen LogP contribution in [0.1, 0.15) is 40.1 Å². The third-order valence-corrected chi connectivity index (χ3v) is 8.36. The van der Waals surface area contributed by atoms with Gasteiger partial charge >= 0.3 is 12.2 Å². The van der Waals surface area contributed by atoms with E-state index in [0.29, 0.717) is 44.6 Å². The number of urea groups is 1. The Morgan fingerprint density at radius 2 is 1.77 bits per heavy atom. The summed E-state index contributed by atoms with van der Waals surface area (Å²) in [4.78, 5) is 31.8. The maximum absolute atomic E-state index is 13.2. The third kappa shape index (κ3) is 6.62. The number of hydrogen-bond donors (Lipinski definition) is 2. The van der Waals surface area contributed by atoms with Crippen LogP contribution in [0.5, 0.6) is 0 Å². The van der Waals surface area contributed by atoms with Gasteiger partial charge in [-0.2, -0.15) is 13.2 Å². The fourth-order valence-corrected chi connectivity index (χ4v) is 6.10. The SMILES string of the molecule is C=CCN(C(=O)NCc1ccc(C(F)(F)F)cc1)C1CCN([C@H]2CN(C(=O)c3ccco3)C[C@]2(O)c2ccccc2)CC1. The minimum Gasteiger partial charge on any atom is -0.459 e. The first-order chi connectivity index (χ1) is 20.6. The average molecular weight is 597 g/mol. The highest BCUT2D eigenvalue weighted by atomic mass is 19.4. The molecule has 8 nitrogen and oxygen atoms in total. The Labute approximate surface area is 248 Å². The topological polar surface area (TPSA) is 89.3 Å². The van der Waals surface area contributed by atoms with E-state index in [9.17, 15) is 27.9 Å². The molecular weight excluding hydrogens is 561 g/mol. The van der Waals surface area contributed by atoms with Crippen LogP contribution >= 0.6 is 0 Å². The van der Waals surface area contributed by atoms with Crippen molar-refractivity contribution in [3.63, 3.8) is 0 Å². The van der Waals surface area contributed by atoms with Gasteiger partial charge in [0.25, 0.3) is 5.91 Å². The predicted molar refractivity (Wildman–Crippen MR) is 154 cm³/mol. The summed E-state index contributed by atoms with van der Waals surface area (Å²) in [6.45, 7) is 5.81. The van der Waals surface area contributed by atoms with Crippen LogP contribution in [-0.2, 0) is 18.3 Å². The minimum atomic E-state index is -4.42. The number of aliphatic hydroxyl groups is 1. The van der Waals surface area contributed by atoms with Gasteiger partial charge in [0.05, 0.1) is 24.4 Å². The number of furan rings is 1. The molecule has 0 unspecified atom stereocenters. The van der Waals surface area contributed by atoms with E-state index in [-0.39, 0.29) is 42.9 Å². The number of carbonyl (C=O) groups is 2. The molecule has 11 heteroatoms. The fraction of sp³-hybridized carbons (Fsp3) is 0.375. The van der Waals surface area contributed by atoms with Crippen LogP contribution in [0.3, 0.4) is 0 Å². The quantitative estimate of drug-likeness (QED) is 0.362. The number of piperidine rings is 1. The number of rotatable bonds is 8. The molecule has 1 aromatic heterocycles. The van der Waals surface area contributed by atoms with E-state index in [4.69, 9.17) is 4.42 Å². The molecule has 2 aliphatic rings. The summed E-state index contributed by atoms with van der Waals surface area (Å²) in [6.07, 6.45) is -0.0546. The van der Waals surface area contributed by atoms with Crippen LogP contribution in [0.2, 0.25) is 0 Å². The Balaban J connectivity index is 1.24. The zero-order chi connectivity index (χ0) is 30.6. The zero-order valence-electron chi connectivity index (χ0n) is 23.7. The second-order valence-electron chi connectivity index (χ2n) is 11.0. The molecule has 0 aliphatic carbocycles. The van der Waals surface area contributed by atoms with Gasteiger partial charge in [-0.1, -0.05) is 48.5 Å². The molecule has 0 bridgehead atoms. The lowest BCUT2D eigenvalue weighted by Gasteiger charge is -2.43. The van der Waals surface area contributed by atoms with Crippen molar-refractivity contribution in [1.29, 1.82) is 0 Å². The van der Waals surface area contributed by atoms with E-state index in [2.05, 4.69) is 16.8 Å². The van der Waals surface area contributed by atoms with Crippen LogP contribution in [0.25, 0.3) is 0 Å². The van der Waals surface area contributed by atoms with Crippen molar-refractivity contribution in [2.75, 3.05) is 32.7 Å². The number of likely N-dealkylation sites (tertiary alicyclic amines) is 2. The lowest BCUT2D eigenvalue weighted by molar-refractivity contribution is -0.137. The molecule has 228 valence electrons. The summed E-state index contributed by atoms with van der Waals surface area (Å²) in [6, 6.07) is 16.5. The number of halogens is 3. The van der Waals surface area contributed by atoms with E-state index in [1.165, 1.54) is 18.4 Å². The number of carbonyl (C=O) groups excluding carboxylic acids is 2. The van der Waals surface area contributed by atoms with Gasteiger partial charge in [-0.15, -0.1) is 6.58 Å². The largest absolute Gasteiger partial charge is 0.459 e. The maximum atomic E-state index is 13.2. The van der Waals surface area contributed by atoms with Gasteiger partial charge in [-0.05, 0) is 48.2 Å². The molecule has 3 aromatic rings. The van der Waals surface area contributed by atoms with Crippen molar-refractivity contribution in [2.45, 2.75) is 43.2 Å². The summed E-state index contributed by atoms with van der Waals surface area (Å²) < 4.78 is 44.0. The first-order valence-electron chi connectivity index (χ1n) is 14.3. The summed E-state index contributed by atoms with van der Waals surface area (Å²) in [5.41, 5.74) is -0.744. The lowest BCUT2D eigenvalue weighted by atomic mass is 9.86. The summed E-state index contributed by atoms with van der Waals surface area (Å²) in [5.74, 6) is -0.0595. The number of nitrogens with one attached hydrogen (secondary N) is 1. The molecular formula is C32H35F3N4O4. The monoisotopic (exact) mass is 596 g/mol. The Bertz CT molecular complexity index is 1390. The summed E-state index contributed by atoms with van der Waals surface area (Å²) in [5, 5.41) is 14.9. The van der Waals surface area contributed by atoms with E-state index in [0.717, 1.165) is 17.7 Å². The molecule has 0 radical (unpaired) electrons. The number of β-amino-alcohol motifs (C(OH)–C–C–N with tert-alkyl or cyclic N) is 1. The maximum Gasteiger partial charge on any atom is 0.416 e. The number of hydrogen-bond acceptors (Lipinski definition) is 5. The molecule has 2 atom stereocenters. The van der Waals surface area contributed by atoms with E-state index in [1.807, 2.05) is 30.3 Å². The van der Waals surface area contributed by atoms with Crippen molar-refractivity contribution >= 4 is 11.9 Å². The number of amides is 3. The number of nitrogens with zero attached hydrogens (tertiary/aromatic N) is 3. The minimum absolute atomic E-state index is 0.0924. The molecule has 2 saturated heterocycles. The fourth-order valence-electron chi connectivity index (χ4n) is 6.10. The average Bonchev–Trinajstić information content (AvgIpc) is 3.68. The highest BCUT2D eigenvalue weighted by Crippen LogP contribution is 2.38. The second kappa shape index (κ2) is 12.6. The van der Waals surface area contributed by atoms with Gasteiger partial charge < -0.3 is 24.6 Å². The van der Waals surface area contributed by atoms with Crippen LogP contribution in [0.4, 0.5) is 18.0 Å². The van der Waals surface area contributed by atoms with Crippen molar-refractivity contribution in [3.8, 4) is 0 Å². The van der Waals surface area contributed by atoms with Gasteiger partial charge in [-0.3, -0.25) is 9.69 Å². The Kier molecular flexibility index (Phi) is 8.93. The Morgan fingerprint density at radius 1 is 1.07 bits per heavy atom. The molecule has 43 heavy (non-hydrogen) atoms. The first kappa shape index (κ1) is 30.4. The number of alkyl halides is 3. The molecule has 2 fully saturated rings. The van der Waals surface area contributed by atoms with Gasteiger partial charge in [-0.25, -0.2) is 4.79 Å². The van der Waals surface area contributed by atoms with Crippen LogP contribution in [0, 0.1) is 0 Å². The van der Waals surface area contributed by atoms with Crippen LogP contribution in [0.15, 0.2) is 90.1 Å². The van der Waals surface area contributed by atoms with Gasteiger partial charge in [0.15, 0.2) is 5.76 Å².